The molecule has 0 bridgehead atoms. The quantitative estimate of drug-likeness (QED) is 0.138. The van der Waals surface area contributed by atoms with E-state index in [2.05, 4.69) is 117 Å². The number of aromatic nitrogens is 1. The van der Waals surface area contributed by atoms with Crippen LogP contribution in [0.3, 0.4) is 0 Å². The van der Waals surface area contributed by atoms with E-state index in [-0.39, 0.29) is 0 Å². The molecule has 0 unspecified atom stereocenters. The maximum Gasteiger partial charge on any atom is 0.106 e. The minimum atomic E-state index is 0.631. The van der Waals surface area contributed by atoms with Gasteiger partial charge in [-0.3, -0.25) is 0 Å². The summed E-state index contributed by atoms with van der Waals surface area (Å²) in [7, 11) is 0. The van der Waals surface area contributed by atoms with Gasteiger partial charge in [0.25, 0.3) is 0 Å². The first kappa shape index (κ1) is 24.8. The van der Waals surface area contributed by atoms with E-state index >= 15 is 0 Å². The number of pyridine rings is 1. The van der Waals surface area contributed by atoms with Gasteiger partial charge in [0.15, 0.2) is 0 Å². The average Bonchev–Trinajstić information content (AvgIpc) is 2.87. The molecule has 4 aromatic rings. The third kappa shape index (κ3) is 6.88. The van der Waals surface area contributed by atoms with Crippen molar-refractivity contribution in [3.05, 3.63) is 99.7 Å². The van der Waals surface area contributed by atoms with Gasteiger partial charge in [0.1, 0.15) is 4.60 Å². The van der Waals surface area contributed by atoms with Crippen LogP contribution in [-0.4, -0.2) is 11.6 Å². The van der Waals surface area contributed by atoms with Crippen molar-refractivity contribution in [1.29, 1.82) is 0 Å². The molecule has 0 N–H and O–H groups in total. The Labute approximate surface area is 219 Å². The number of rotatable bonds is 10. The lowest BCUT2D eigenvalue weighted by Gasteiger charge is -2.12. The van der Waals surface area contributed by atoms with Crippen LogP contribution in [0.2, 0.25) is 0 Å². The molecule has 174 valence electrons. The molecule has 0 aliphatic rings. The van der Waals surface area contributed by atoms with E-state index < -0.39 is 0 Å². The highest BCUT2D eigenvalue weighted by Gasteiger charge is 2.08. The van der Waals surface area contributed by atoms with Gasteiger partial charge in [-0.1, -0.05) is 84.6 Å². The zero-order valence-corrected chi connectivity index (χ0v) is 22.6. The molecule has 3 aromatic carbocycles. The van der Waals surface area contributed by atoms with Crippen molar-refractivity contribution < 1.29 is 4.74 Å². The predicted molar refractivity (Wildman–Crippen MR) is 150 cm³/mol. The van der Waals surface area contributed by atoms with Crippen molar-refractivity contribution >= 4 is 31.9 Å². The molecule has 0 amide bonds. The molecular weight excluding hydrogens is 550 g/mol. The number of hydrogen-bond donors (Lipinski definition) is 0. The Hall–Kier alpha value is -2.27. The normalized spacial score (nSPS) is 11.0. The molecular formula is C30H29Br2NO. The summed E-state index contributed by atoms with van der Waals surface area (Å²) in [6.45, 7) is 3.68. The number of ether oxygens (including phenoxy) is 1. The summed E-state index contributed by atoms with van der Waals surface area (Å²) in [5.74, 6) is 0. The summed E-state index contributed by atoms with van der Waals surface area (Å²) in [6.07, 6.45) is 6.78. The molecule has 0 spiro atoms. The van der Waals surface area contributed by atoms with E-state index in [0.717, 1.165) is 33.2 Å². The van der Waals surface area contributed by atoms with Crippen molar-refractivity contribution in [1.82, 2.24) is 4.98 Å². The third-order valence-corrected chi connectivity index (χ3v) is 6.86. The minimum absolute atomic E-state index is 0.631. The summed E-state index contributed by atoms with van der Waals surface area (Å²) in [4.78, 5) is 4.35. The Bertz CT molecular complexity index is 1190. The van der Waals surface area contributed by atoms with Gasteiger partial charge in [0.2, 0.25) is 0 Å². The highest BCUT2D eigenvalue weighted by Crippen LogP contribution is 2.31. The summed E-state index contributed by atoms with van der Waals surface area (Å²) < 4.78 is 7.96. The van der Waals surface area contributed by atoms with Crippen LogP contribution in [0, 0.1) is 0 Å². The topological polar surface area (TPSA) is 22.1 Å². The fourth-order valence-electron chi connectivity index (χ4n) is 3.97. The number of halogens is 2. The van der Waals surface area contributed by atoms with Crippen LogP contribution in [0.4, 0.5) is 0 Å². The number of nitrogens with zero attached hydrogens (tertiary/aromatic N) is 1. The standard InChI is InChI=1S/C30H29Br2NO/c1-2-3-4-5-16-34-21-22-17-27(19-28(18-22)25-10-13-29(31)14-11-25)24-8-6-23(7-9-24)26-12-15-30(32)33-20-26/h6-15,17-20H,2-5,16,21H2,1H3. The summed E-state index contributed by atoms with van der Waals surface area (Å²) >= 11 is 6.95. The van der Waals surface area contributed by atoms with Crippen LogP contribution in [-0.2, 0) is 11.3 Å². The lowest BCUT2D eigenvalue weighted by atomic mass is 9.95. The third-order valence-electron chi connectivity index (χ3n) is 5.86. The lowest BCUT2D eigenvalue weighted by molar-refractivity contribution is 0.117. The monoisotopic (exact) mass is 577 g/mol. The Balaban J connectivity index is 1.59. The van der Waals surface area contributed by atoms with Crippen molar-refractivity contribution in [2.45, 2.75) is 39.2 Å². The fourth-order valence-corrected chi connectivity index (χ4v) is 4.47. The molecule has 4 heteroatoms. The van der Waals surface area contributed by atoms with Crippen LogP contribution in [0.15, 0.2) is 94.1 Å². The lowest BCUT2D eigenvalue weighted by Crippen LogP contribution is -1.97. The average molecular weight is 579 g/mol. The second-order valence-electron chi connectivity index (χ2n) is 8.49. The second-order valence-corrected chi connectivity index (χ2v) is 10.2. The maximum absolute atomic E-state index is 6.04. The second kappa shape index (κ2) is 12.4. The molecule has 34 heavy (non-hydrogen) atoms. The van der Waals surface area contributed by atoms with E-state index in [1.807, 2.05) is 12.3 Å². The van der Waals surface area contributed by atoms with Crippen molar-refractivity contribution in [2.24, 2.45) is 0 Å². The molecule has 0 atom stereocenters. The van der Waals surface area contributed by atoms with E-state index in [1.165, 1.54) is 47.1 Å². The molecule has 0 saturated heterocycles. The first-order chi connectivity index (χ1) is 16.6. The zero-order chi connectivity index (χ0) is 23.8. The van der Waals surface area contributed by atoms with Gasteiger partial charge in [-0.2, -0.15) is 0 Å². The Morgan fingerprint density at radius 2 is 1.24 bits per heavy atom. The highest BCUT2D eigenvalue weighted by atomic mass is 79.9. The van der Waals surface area contributed by atoms with Crippen LogP contribution in [0.1, 0.15) is 38.2 Å². The summed E-state index contributed by atoms with van der Waals surface area (Å²) in [6, 6.07) is 28.0. The predicted octanol–water partition coefficient (Wildman–Crippen LogP) is 9.70. The molecule has 0 aliphatic heterocycles. The first-order valence-corrected chi connectivity index (χ1v) is 13.4. The smallest absolute Gasteiger partial charge is 0.106 e. The van der Waals surface area contributed by atoms with Gasteiger partial charge >= 0.3 is 0 Å². The number of unbranched alkanes of at least 4 members (excludes halogenated alkanes) is 3. The SMILES string of the molecule is CCCCCCOCc1cc(-c2ccc(Br)cc2)cc(-c2ccc(-c3ccc(Br)nc3)cc2)c1. The van der Waals surface area contributed by atoms with Crippen molar-refractivity contribution in [3.63, 3.8) is 0 Å². The van der Waals surface area contributed by atoms with Gasteiger partial charge in [0.05, 0.1) is 6.61 Å². The molecule has 0 fully saturated rings. The van der Waals surface area contributed by atoms with Gasteiger partial charge < -0.3 is 4.74 Å². The van der Waals surface area contributed by atoms with Crippen molar-refractivity contribution in [2.75, 3.05) is 6.61 Å². The largest absolute Gasteiger partial charge is 0.377 e. The van der Waals surface area contributed by atoms with Gasteiger partial charge in [-0.05, 0) is 92.1 Å². The van der Waals surface area contributed by atoms with Gasteiger partial charge in [-0.15, -0.1) is 0 Å². The molecule has 0 saturated carbocycles. The van der Waals surface area contributed by atoms with Gasteiger partial charge in [-0.25, -0.2) is 4.98 Å². The maximum atomic E-state index is 6.04. The minimum Gasteiger partial charge on any atom is -0.377 e. The molecule has 0 aliphatic carbocycles. The number of hydrogen-bond acceptors (Lipinski definition) is 2. The van der Waals surface area contributed by atoms with Crippen LogP contribution in [0.5, 0.6) is 0 Å². The van der Waals surface area contributed by atoms with Gasteiger partial charge in [0, 0.05) is 22.8 Å². The molecule has 4 rings (SSSR count). The molecule has 0 radical (unpaired) electrons. The first-order valence-electron chi connectivity index (χ1n) is 11.8. The van der Waals surface area contributed by atoms with E-state index in [0.29, 0.717) is 6.61 Å². The Morgan fingerprint density at radius 3 is 1.82 bits per heavy atom. The Morgan fingerprint density at radius 1 is 0.647 bits per heavy atom. The summed E-state index contributed by atoms with van der Waals surface area (Å²) in [5.41, 5.74) is 8.26. The highest BCUT2D eigenvalue weighted by molar-refractivity contribution is 9.10. The molecule has 1 aromatic heterocycles. The van der Waals surface area contributed by atoms with Crippen LogP contribution in [0.25, 0.3) is 33.4 Å². The number of benzene rings is 3. The van der Waals surface area contributed by atoms with Crippen molar-refractivity contribution in [3.8, 4) is 33.4 Å². The Kier molecular flexibility index (Phi) is 9.09. The van der Waals surface area contributed by atoms with E-state index in [4.69, 9.17) is 4.74 Å². The van der Waals surface area contributed by atoms with Crippen LogP contribution >= 0.6 is 31.9 Å². The fraction of sp³-hybridized carbons (Fsp3) is 0.233. The zero-order valence-electron chi connectivity index (χ0n) is 19.4. The molecule has 2 nitrogen and oxygen atoms in total. The van der Waals surface area contributed by atoms with E-state index in [9.17, 15) is 0 Å². The summed E-state index contributed by atoms with van der Waals surface area (Å²) in [5, 5.41) is 0. The van der Waals surface area contributed by atoms with E-state index in [1.54, 1.807) is 0 Å². The molecule has 1 heterocycles. The van der Waals surface area contributed by atoms with Crippen LogP contribution < -0.4 is 0 Å².